The first-order valence-corrected chi connectivity index (χ1v) is 17.5. The number of halogens is 3. The van der Waals surface area contributed by atoms with E-state index in [2.05, 4.69) is 10.2 Å². The number of hydrogen-bond donors (Lipinski definition) is 1. The van der Waals surface area contributed by atoms with Gasteiger partial charge in [0.25, 0.3) is 5.91 Å². The Morgan fingerprint density at radius 3 is 2.32 bits per heavy atom. The molecule has 1 aromatic heterocycles. The molecule has 4 aliphatic carbocycles. The van der Waals surface area contributed by atoms with E-state index in [1.165, 1.54) is 56.0 Å². The van der Waals surface area contributed by atoms with Crippen molar-refractivity contribution < 1.29 is 22.4 Å². The van der Waals surface area contributed by atoms with Crippen molar-refractivity contribution in [2.24, 2.45) is 23.7 Å². The number of alkyl halides is 3. The number of hydrogen-bond acceptors (Lipinski definition) is 6. The molecule has 0 spiro atoms. The highest BCUT2D eigenvalue weighted by Gasteiger charge is 2.53. The molecule has 8 rings (SSSR count). The number of thiocarbonyl (C=S) groups is 1. The highest BCUT2D eigenvalue weighted by atomic mass is 32.2. The van der Waals surface area contributed by atoms with Crippen molar-refractivity contribution in [3.05, 3.63) is 52.1 Å². The number of furan rings is 1. The number of thioether (sulfide) groups is 1. The molecule has 0 unspecified atom stereocenters. The number of aryl methyl sites for hydroxylation is 1. The van der Waals surface area contributed by atoms with Gasteiger partial charge in [-0.25, -0.2) is 0 Å². The standard InChI is InChI=1S/C34H40F3N3O2S2/c35-34(36,37)27-7-5-23(6-8-27)28-19-24(4-2-1-3-11-39-12-9-38-10-13-39)29(42-28)20-30-32(41)40(33(43)44-30)31-25-15-21-14-22(17-25)18-26(31)16-21/h5-8,19-22,25-26,31,38H,1-4,9-18H2/b30-20-. The summed E-state index contributed by atoms with van der Waals surface area (Å²) in [5.41, 5.74) is 0.868. The summed E-state index contributed by atoms with van der Waals surface area (Å²) in [4.78, 5) is 18.9. The predicted molar refractivity (Wildman–Crippen MR) is 172 cm³/mol. The van der Waals surface area contributed by atoms with Crippen LogP contribution in [0.1, 0.15) is 68.3 Å². The lowest BCUT2D eigenvalue weighted by atomic mass is 9.54. The van der Waals surface area contributed by atoms with Gasteiger partial charge in [-0.2, -0.15) is 13.2 Å². The van der Waals surface area contributed by atoms with Gasteiger partial charge in [-0.3, -0.25) is 9.69 Å². The lowest BCUT2D eigenvalue weighted by Crippen LogP contribution is -2.57. The smallest absolute Gasteiger partial charge is 0.416 e. The van der Waals surface area contributed by atoms with Gasteiger partial charge < -0.3 is 14.6 Å². The monoisotopic (exact) mass is 643 g/mol. The Balaban J connectivity index is 1.10. The van der Waals surface area contributed by atoms with E-state index in [1.54, 1.807) is 0 Å². The van der Waals surface area contributed by atoms with Crippen LogP contribution in [-0.2, 0) is 17.4 Å². The molecule has 2 aliphatic heterocycles. The Morgan fingerprint density at radius 2 is 1.66 bits per heavy atom. The van der Waals surface area contributed by atoms with Crippen molar-refractivity contribution in [2.75, 3.05) is 32.7 Å². The summed E-state index contributed by atoms with van der Waals surface area (Å²) >= 11 is 7.18. The highest BCUT2D eigenvalue weighted by molar-refractivity contribution is 8.26. The lowest BCUT2D eigenvalue weighted by molar-refractivity contribution is -0.137. The molecule has 2 saturated heterocycles. The van der Waals surface area contributed by atoms with E-state index in [-0.39, 0.29) is 11.9 Å². The number of amides is 1. The van der Waals surface area contributed by atoms with Crippen LogP contribution in [0, 0.1) is 23.7 Å². The Kier molecular flexibility index (Phi) is 8.72. The average molecular weight is 644 g/mol. The maximum atomic E-state index is 13.9. The number of piperazine rings is 1. The Morgan fingerprint density at radius 1 is 0.977 bits per heavy atom. The van der Waals surface area contributed by atoms with Crippen LogP contribution in [0.25, 0.3) is 17.4 Å². The molecule has 3 heterocycles. The minimum atomic E-state index is -4.39. The fourth-order valence-corrected chi connectivity index (χ4v) is 9.98. The van der Waals surface area contributed by atoms with Gasteiger partial charge in [0, 0.05) is 43.9 Å². The van der Waals surface area contributed by atoms with E-state index in [9.17, 15) is 18.0 Å². The van der Waals surface area contributed by atoms with Gasteiger partial charge in [-0.15, -0.1) is 0 Å². The van der Waals surface area contributed by atoms with Crippen LogP contribution < -0.4 is 5.32 Å². The van der Waals surface area contributed by atoms with Gasteiger partial charge in [-0.05, 0) is 105 Å². The van der Waals surface area contributed by atoms with Crippen LogP contribution in [0.5, 0.6) is 0 Å². The lowest BCUT2D eigenvalue weighted by Gasteiger charge is -2.56. The maximum absolute atomic E-state index is 13.9. The number of unbranched alkanes of at least 4 members (excludes halogenated alkanes) is 2. The summed E-state index contributed by atoms with van der Waals surface area (Å²) in [6.07, 6.45) is 7.55. The second-order valence-electron chi connectivity index (χ2n) is 13.5. The molecule has 4 saturated carbocycles. The van der Waals surface area contributed by atoms with Gasteiger partial charge >= 0.3 is 6.18 Å². The molecule has 0 atom stereocenters. The zero-order valence-corrected chi connectivity index (χ0v) is 26.5. The van der Waals surface area contributed by atoms with E-state index in [0.717, 1.165) is 87.9 Å². The fraction of sp³-hybridized carbons (Fsp3) is 0.588. The quantitative estimate of drug-likeness (QED) is 0.173. The van der Waals surface area contributed by atoms with Crippen LogP contribution in [0.4, 0.5) is 13.2 Å². The van der Waals surface area contributed by atoms with E-state index in [0.29, 0.717) is 38.1 Å². The number of nitrogens with one attached hydrogen (secondary N) is 1. The summed E-state index contributed by atoms with van der Waals surface area (Å²) in [7, 11) is 0. The minimum absolute atomic E-state index is 0.0214. The summed E-state index contributed by atoms with van der Waals surface area (Å²) in [6, 6.07) is 7.22. The van der Waals surface area contributed by atoms with Gasteiger partial charge in [0.15, 0.2) is 0 Å². The molecule has 6 aliphatic rings. The maximum Gasteiger partial charge on any atom is 0.416 e. The molecule has 10 heteroatoms. The topological polar surface area (TPSA) is 48.7 Å². The number of nitrogens with zero attached hydrogens (tertiary/aromatic N) is 2. The second kappa shape index (κ2) is 12.6. The molecule has 6 fully saturated rings. The fourth-order valence-electron chi connectivity index (χ4n) is 8.66. The molecule has 0 radical (unpaired) electrons. The first kappa shape index (κ1) is 30.5. The number of carbonyl (C=O) groups excluding carboxylic acids is 1. The van der Waals surface area contributed by atoms with Crippen LogP contribution in [-0.4, -0.2) is 58.8 Å². The molecule has 1 amide bonds. The molecule has 1 aromatic carbocycles. The van der Waals surface area contributed by atoms with E-state index >= 15 is 0 Å². The molecule has 2 aromatic rings. The van der Waals surface area contributed by atoms with E-state index in [1.807, 2.05) is 17.0 Å². The number of carbonyl (C=O) groups is 1. The number of rotatable bonds is 9. The van der Waals surface area contributed by atoms with Crippen molar-refractivity contribution in [1.82, 2.24) is 15.1 Å². The molecular formula is C34H40F3N3O2S2. The molecule has 5 nitrogen and oxygen atoms in total. The zero-order valence-electron chi connectivity index (χ0n) is 24.9. The highest BCUT2D eigenvalue weighted by Crippen LogP contribution is 2.56. The Bertz CT molecular complexity index is 1390. The zero-order chi connectivity index (χ0) is 30.4. The van der Waals surface area contributed by atoms with Crippen molar-refractivity contribution >= 4 is 40.3 Å². The second-order valence-corrected chi connectivity index (χ2v) is 15.1. The SMILES string of the molecule is O=C1/C(=C/c2oc(-c3ccc(C(F)(F)F)cc3)cc2CCCCCN2CCNCC2)SC(=S)N1C1C2CC3CC(C2)CC1C3. The van der Waals surface area contributed by atoms with Gasteiger partial charge in [-0.1, -0.05) is 42.5 Å². The van der Waals surface area contributed by atoms with Crippen LogP contribution in [0.2, 0.25) is 0 Å². The van der Waals surface area contributed by atoms with Crippen molar-refractivity contribution in [2.45, 2.75) is 70.0 Å². The summed E-state index contributed by atoms with van der Waals surface area (Å²) in [6.45, 7) is 5.35. The van der Waals surface area contributed by atoms with Gasteiger partial charge in [0.1, 0.15) is 15.8 Å². The molecule has 1 N–H and O–H groups in total. The first-order valence-electron chi connectivity index (χ1n) is 16.2. The van der Waals surface area contributed by atoms with Gasteiger partial charge in [0.05, 0.1) is 10.5 Å². The van der Waals surface area contributed by atoms with Gasteiger partial charge in [0.2, 0.25) is 0 Å². The molecular weight excluding hydrogens is 604 g/mol. The van der Waals surface area contributed by atoms with Crippen LogP contribution in [0.15, 0.2) is 39.7 Å². The molecule has 236 valence electrons. The average Bonchev–Trinajstić information content (AvgIpc) is 3.52. The third kappa shape index (κ3) is 6.29. The van der Waals surface area contributed by atoms with Crippen LogP contribution >= 0.6 is 24.0 Å². The van der Waals surface area contributed by atoms with Crippen molar-refractivity contribution in [3.8, 4) is 11.3 Å². The third-order valence-corrected chi connectivity index (χ3v) is 11.9. The van der Waals surface area contributed by atoms with E-state index in [4.69, 9.17) is 16.6 Å². The van der Waals surface area contributed by atoms with Crippen molar-refractivity contribution in [3.63, 3.8) is 0 Å². The first-order chi connectivity index (χ1) is 21.2. The number of benzene rings is 1. The minimum Gasteiger partial charge on any atom is -0.456 e. The van der Waals surface area contributed by atoms with Crippen LogP contribution in [0.3, 0.4) is 0 Å². The normalized spacial score (nSPS) is 29.8. The Labute approximate surface area is 267 Å². The summed E-state index contributed by atoms with van der Waals surface area (Å²) < 4.78 is 46.5. The van der Waals surface area contributed by atoms with Crippen molar-refractivity contribution in [1.29, 1.82) is 0 Å². The molecule has 44 heavy (non-hydrogen) atoms. The summed E-state index contributed by atoms with van der Waals surface area (Å²) in [5.74, 6) is 3.80. The largest absolute Gasteiger partial charge is 0.456 e. The van der Waals surface area contributed by atoms with E-state index < -0.39 is 11.7 Å². The third-order valence-electron chi connectivity index (χ3n) is 10.5. The molecule has 4 bridgehead atoms. The Hall–Kier alpha value is -2.14. The summed E-state index contributed by atoms with van der Waals surface area (Å²) in [5, 5.41) is 3.39. The predicted octanol–water partition coefficient (Wildman–Crippen LogP) is 7.61.